The summed E-state index contributed by atoms with van der Waals surface area (Å²) in [4.78, 5) is 33.2. The summed E-state index contributed by atoms with van der Waals surface area (Å²) in [6.45, 7) is 1.26. The monoisotopic (exact) mass is 266 g/mol. The molecule has 0 saturated heterocycles. The van der Waals surface area contributed by atoms with E-state index in [-0.39, 0.29) is 16.9 Å². The van der Waals surface area contributed by atoms with Gasteiger partial charge in [0.05, 0.1) is 0 Å². The van der Waals surface area contributed by atoms with E-state index in [9.17, 15) is 14.4 Å². The lowest BCUT2D eigenvalue weighted by Gasteiger charge is -2.02. The van der Waals surface area contributed by atoms with Crippen LogP contribution in [0.25, 0.3) is 11.0 Å². The van der Waals surface area contributed by atoms with Crippen LogP contribution in [-0.4, -0.2) is 11.2 Å². The van der Waals surface area contributed by atoms with Crippen LogP contribution in [0.2, 0.25) is 0 Å². The first-order valence-corrected chi connectivity index (χ1v) is 5.31. The second kappa shape index (κ2) is 4.62. The number of ether oxygens (including phenoxy) is 1. The van der Waals surface area contributed by atoms with Crippen molar-refractivity contribution in [2.45, 2.75) is 6.92 Å². The maximum absolute atomic E-state index is 11.4. The highest BCUT2D eigenvalue weighted by Crippen LogP contribution is 2.21. The van der Waals surface area contributed by atoms with Crippen molar-refractivity contribution in [3.8, 4) is 5.75 Å². The van der Waals surface area contributed by atoms with Gasteiger partial charge in [0.25, 0.3) is 5.24 Å². The van der Waals surface area contributed by atoms with Crippen LogP contribution in [0.5, 0.6) is 5.75 Å². The fraction of sp³-hybridized carbons (Fsp3) is 0.0833. The lowest BCUT2D eigenvalue weighted by Crippen LogP contribution is -2.09. The van der Waals surface area contributed by atoms with Gasteiger partial charge >= 0.3 is 11.6 Å². The Morgan fingerprint density at radius 1 is 1.28 bits per heavy atom. The van der Waals surface area contributed by atoms with Gasteiger partial charge in [0.1, 0.15) is 16.9 Å². The molecule has 1 aromatic carbocycles. The zero-order chi connectivity index (χ0) is 13.3. The van der Waals surface area contributed by atoms with Crippen molar-refractivity contribution in [1.82, 2.24) is 0 Å². The Labute approximate surface area is 106 Å². The maximum Gasteiger partial charge on any atom is 0.348 e. The van der Waals surface area contributed by atoms with Crippen LogP contribution in [0, 0.1) is 0 Å². The minimum Gasteiger partial charge on any atom is -0.427 e. The van der Waals surface area contributed by atoms with E-state index in [4.69, 9.17) is 20.8 Å². The van der Waals surface area contributed by atoms with Crippen molar-refractivity contribution >= 4 is 33.8 Å². The van der Waals surface area contributed by atoms with E-state index < -0.39 is 16.8 Å². The van der Waals surface area contributed by atoms with Gasteiger partial charge in [-0.3, -0.25) is 9.59 Å². The second-order valence-electron chi connectivity index (χ2n) is 3.51. The SMILES string of the molecule is CC(=O)Oc1ccc2cc(C(=O)Cl)c(=O)oc2c1. The first kappa shape index (κ1) is 12.3. The topological polar surface area (TPSA) is 73.6 Å². The van der Waals surface area contributed by atoms with Crippen molar-refractivity contribution in [2.75, 3.05) is 0 Å². The van der Waals surface area contributed by atoms with Crippen molar-refractivity contribution in [2.24, 2.45) is 0 Å². The molecule has 0 atom stereocenters. The number of benzene rings is 1. The molecule has 18 heavy (non-hydrogen) atoms. The second-order valence-corrected chi connectivity index (χ2v) is 3.86. The highest BCUT2D eigenvalue weighted by atomic mass is 35.5. The molecule has 0 aliphatic carbocycles. The number of fused-ring (bicyclic) bond motifs is 1. The van der Waals surface area contributed by atoms with Gasteiger partial charge in [-0.05, 0) is 29.8 Å². The zero-order valence-corrected chi connectivity index (χ0v) is 9.98. The van der Waals surface area contributed by atoms with Crippen LogP contribution >= 0.6 is 11.6 Å². The molecule has 0 aliphatic rings. The van der Waals surface area contributed by atoms with Gasteiger partial charge in [-0.15, -0.1) is 0 Å². The van der Waals surface area contributed by atoms with Gasteiger partial charge in [0.15, 0.2) is 0 Å². The largest absolute Gasteiger partial charge is 0.427 e. The number of hydrogen-bond acceptors (Lipinski definition) is 5. The number of carbonyl (C=O) groups excluding carboxylic acids is 2. The lowest BCUT2D eigenvalue weighted by atomic mass is 10.2. The van der Waals surface area contributed by atoms with Gasteiger partial charge in [0.2, 0.25) is 0 Å². The molecule has 92 valence electrons. The molecule has 0 unspecified atom stereocenters. The summed E-state index contributed by atoms with van der Waals surface area (Å²) < 4.78 is 9.77. The quantitative estimate of drug-likeness (QED) is 0.360. The van der Waals surface area contributed by atoms with Gasteiger partial charge in [-0.1, -0.05) is 0 Å². The Kier molecular flexibility index (Phi) is 3.16. The number of carbonyl (C=O) groups is 2. The van der Waals surface area contributed by atoms with E-state index in [0.717, 1.165) is 0 Å². The Bertz CT molecular complexity index is 701. The molecule has 0 saturated carbocycles. The van der Waals surface area contributed by atoms with Crippen LogP contribution in [0.15, 0.2) is 33.5 Å². The molecule has 2 rings (SSSR count). The number of rotatable bonds is 2. The Hall–Kier alpha value is -2.14. The molecule has 1 heterocycles. The minimum absolute atomic E-state index is 0.209. The van der Waals surface area contributed by atoms with Crippen LogP contribution in [-0.2, 0) is 4.79 Å². The minimum atomic E-state index is -0.880. The third-order valence-electron chi connectivity index (χ3n) is 2.18. The molecule has 0 N–H and O–H groups in total. The third kappa shape index (κ3) is 2.41. The van der Waals surface area contributed by atoms with Gasteiger partial charge in [0, 0.05) is 18.4 Å². The van der Waals surface area contributed by atoms with Crippen LogP contribution in [0.1, 0.15) is 17.3 Å². The highest BCUT2D eigenvalue weighted by molar-refractivity contribution is 6.67. The van der Waals surface area contributed by atoms with Crippen molar-refractivity contribution in [3.05, 3.63) is 40.2 Å². The molecular weight excluding hydrogens is 260 g/mol. The number of esters is 1. The molecule has 0 bridgehead atoms. The summed E-state index contributed by atoms with van der Waals surface area (Å²) in [6.07, 6.45) is 0. The van der Waals surface area contributed by atoms with Gasteiger partial charge < -0.3 is 9.15 Å². The van der Waals surface area contributed by atoms with E-state index in [1.54, 1.807) is 6.07 Å². The van der Waals surface area contributed by atoms with E-state index in [2.05, 4.69) is 0 Å². The van der Waals surface area contributed by atoms with E-state index in [1.807, 2.05) is 0 Å². The molecule has 2 aromatic rings. The Balaban J connectivity index is 2.59. The molecule has 1 aromatic heterocycles. The van der Waals surface area contributed by atoms with Gasteiger partial charge in [-0.2, -0.15) is 0 Å². The molecule has 0 amide bonds. The molecule has 5 nitrogen and oxygen atoms in total. The predicted octanol–water partition coefficient (Wildman–Crippen LogP) is 2.10. The fourth-order valence-corrected chi connectivity index (χ4v) is 1.59. The first-order chi connectivity index (χ1) is 8.47. The molecule has 0 spiro atoms. The maximum atomic E-state index is 11.4. The van der Waals surface area contributed by atoms with Crippen molar-refractivity contribution in [3.63, 3.8) is 0 Å². The summed E-state index contributed by atoms with van der Waals surface area (Å²) in [5.41, 5.74) is -0.854. The molecule has 6 heteroatoms. The van der Waals surface area contributed by atoms with Crippen LogP contribution < -0.4 is 10.4 Å². The predicted molar refractivity (Wildman–Crippen MR) is 64.0 cm³/mol. The summed E-state index contributed by atoms with van der Waals surface area (Å²) in [5, 5.41) is -0.371. The zero-order valence-electron chi connectivity index (χ0n) is 9.23. The van der Waals surface area contributed by atoms with Crippen LogP contribution in [0.3, 0.4) is 0 Å². The lowest BCUT2D eigenvalue weighted by molar-refractivity contribution is -0.131. The molecule has 0 aliphatic heterocycles. The number of halogens is 1. The summed E-state index contributed by atoms with van der Waals surface area (Å²) in [6, 6.07) is 5.79. The van der Waals surface area contributed by atoms with E-state index in [1.165, 1.54) is 25.1 Å². The van der Waals surface area contributed by atoms with Crippen molar-refractivity contribution < 1.29 is 18.7 Å². The number of hydrogen-bond donors (Lipinski definition) is 0. The van der Waals surface area contributed by atoms with E-state index >= 15 is 0 Å². The normalized spacial score (nSPS) is 10.3. The first-order valence-electron chi connectivity index (χ1n) is 4.93. The Morgan fingerprint density at radius 2 is 2.00 bits per heavy atom. The van der Waals surface area contributed by atoms with Gasteiger partial charge in [-0.25, -0.2) is 4.79 Å². The van der Waals surface area contributed by atoms with E-state index in [0.29, 0.717) is 5.39 Å². The summed E-state index contributed by atoms with van der Waals surface area (Å²) in [5.74, 6) is -0.229. The molecule has 0 radical (unpaired) electrons. The third-order valence-corrected chi connectivity index (χ3v) is 2.38. The smallest absolute Gasteiger partial charge is 0.348 e. The average molecular weight is 267 g/mol. The summed E-state index contributed by atoms with van der Waals surface area (Å²) >= 11 is 5.24. The average Bonchev–Trinajstić information content (AvgIpc) is 2.26. The fourth-order valence-electron chi connectivity index (χ4n) is 1.46. The molecular formula is C12H7ClO5. The van der Waals surface area contributed by atoms with Crippen molar-refractivity contribution in [1.29, 1.82) is 0 Å². The van der Waals surface area contributed by atoms with Crippen LogP contribution in [0.4, 0.5) is 0 Å². The summed E-state index contributed by atoms with van der Waals surface area (Å²) in [7, 11) is 0. The highest BCUT2D eigenvalue weighted by Gasteiger charge is 2.11. The molecule has 0 fully saturated rings. The standard InChI is InChI=1S/C12H7ClO5/c1-6(14)17-8-3-2-7-4-9(11(13)15)12(16)18-10(7)5-8/h2-5H,1H3. The Morgan fingerprint density at radius 3 is 2.61 bits per heavy atom.